The maximum atomic E-state index is 15.8. The molecule has 60 heavy (non-hydrogen) atoms. The van der Waals surface area contributed by atoms with Gasteiger partial charge in [-0.1, -0.05) is 0 Å². The second-order valence-electron chi connectivity index (χ2n) is 17.6. The van der Waals surface area contributed by atoms with E-state index >= 15 is 9.13 Å². The number of rotatable bonds is 39. The minimum absolute atomic E-state index is 0.414. The van der Waals surface area contributed by atoms with E-state index in [1.165, 1.54) is 87.3 Å². The molecule has 0 aliphatic rings. The topological polar surface area (TPSA) is 71.1 Å². The predicted octanol–water partition coefficient (Wildman–Crippen LogP) is 16.5. The Balaban J connectivity index is 3.28. The SMILES string of the molecule is CCCCOP(=O)(OCCCC)c1c[c]([Sn]([CH2]CCC)([CH2]CCC)[CH2]CCC)sc1-c1cc(P(=O)(OCCCC)OCCCC)[c]([Sn]([CH2]CCC)([CH2]CCC)[CH2]CCC)s1. The van der Waals surface area contributed by atoms with Crippen molar-refractivity contribution >= 4 is 91.0 Å². The van der Waals surface area contributed by atoms with Crippen LogP contribution in [0.4, 0.5) is 0 Å². The van der Waals surface area contributed by atoms with Gasteiger partial charge in [-0.3, -0.25) is 0 Å². The van der Waals surface area contributed by atoms with Gasteiger partial charge >= 0.3 is 391 Å². The van der Waals surface area contributed by atoms with Gasteiger partial charge in [-0.05, 0) is 0 Å². The summed E-state index contributed by atoms with van der Waals surface area (Å²) in [5.41, 5.74) is 0. The Morgan fingerprint density at radius 2 is 0.733 bits per heavy atom. The van der Waals surface area contributed by atoms with Crippen LogP contribution in [-0.2, 0) is 27.2 Å². The van der Waals surface area contributed by atoms with Crippen LogP contribution in [0.3, 0.4) is 0 Å². The molecule has 2 heterocycles. The van der Waals surface area contributed by atoms with E-state index in [-0.39, 0.29) is 0 Å². The molecule has 2 rings (SSSR count). The van der Waals surface area contributed by atoms with Gasteiger partial charge in [0.05, 0.1) is 0 Å². The van der Waals surface area contributed by atoms with Gasteiger partial charge in [0.1, 0.15) is 0 Å². The monoisotopic (exact) mass is 1130 g/mol. The third-order valence-electron chi connectivity index (χ3n) is 12.3. The van der Waals surface area contributed by atoms with E-state index in [1.807, 2.05) is 22.7 Å². The van der Waals surface area contributed by atoms with E-state index < -0.39 is 51.9 Å². The summed E-state index contributed by atoms with van der Waals surface area (Å²) in [5, 5.41) is 1.64. The van der Waals surface area contributed by atoms with Crippen molar-refractivity contribution in [1.29, 1.82) is 0 Å². The predicted molar refractivity (Wildman–Crippen MR) is 275 cm³/mol. The normalized spacial score (nSPS) is 12.9. The van der Waals surface area contributed by atoms with Gasteiger partial charge in [-0.15, -0.1) is 0 Å². The standard InChI is InChI=1S/C24H38O6P2S2.6C4H9.2Sn/c1-5-9-14-27-31(25,28-15-10-6-2)21-19-23(34-20-21)24-22(13-18-33-24)32(26,29-16-11-7-3)30-17-12-8-4;6*1-3-4-2;;/h13,19H,5-12,14-17H2,1-4H3;6*1,3-4H2,2H3;;. The molecule has 0 bridgehead atoms. The number of thiophene rings is 2. The fraction of sp³-hybridized carbons (Fsp3) is 0.833. The van der Waals surface area contributed by atoms with Crippen molar-refractivity contribution in [2.24, 2.45) is 0 Å². The van der Waals surface area contributed by atoms with Gasteiger partial charge in [0, 0.05) is 0 Å². The van der Waals surface area contributed by atoms with Crippen molar-refractivity contribution in [3.05, 3.63) is 12.1 Å². The van der Waals surface area contributed by atoms with Crippen LogP contribution in [0, 0.1) is 0 Å². The maximum absolute atomic E-state index is 15.8. The van der Waals surface area contributed by atoms with Crippen LogP contribution >= 0.6 is 37.9 Å². The minimum atomic E-state index is -3.71. The first-order valence-electron chi connectivity index (χ1n) is 25.1. The molecule has 0 amide bonds. The molecule has 0 atom stereocenters. The van der Waals surface area contributed by atoms with Gasteiger partial charge in [0.15, 0.2) is 0 Å². The average Bonchev–Trinajstić information content (AvgIpc) is 3.92. The summed E-state index contributed by atoms with van der Waals surface area (Å²) < 4.78 is 68.5. The van der Waals surface area contributed by atoms with Crippen molar-refractivity contribution < 1.29 is 27.2 Å². The van der Waals surface area contributed by atoms with Gasteiger partial charge < -0.3 is 0 Å². The van der Waals surface area contributed by atoms with Crippen LogP contribution in [0.15, 0.2) is 12.1 Å². The van der Waals surface area contributed by atoms with Crippen LogP contribution < -0.4 is 16.4 Å². The molecule has 0 N–H and O–H groups in total. The van der Waals surface area contributed by atoms with Gasteiger partial charge in [-0.2, -0.15) is 0 Å². The second-order valence-corrected chi connectivity index (χ2v) is 51.9. The summed E-state index contributed by atoms with van der Waals surface area (Å²) in [7, 11) is -7.39. The summed E-state index contributed by atoms with van der Waals surface area (Å²) in [6, 6.07) is 4.63. The first-order chi connectivity index (χ1) is 29.0. The molecule has 0 aliphatic carbocycles. The Morgan fingerprint density at radius 1 is 0.417 bits per heavy atom. The summed E-state index contributed by atoms with van der Waals surface area (Å²) in [6.45, 7) is 24.3. The molecule has 2 aromatic heterocycles. The molecule has 0 fully saturated rings. The van der Waals surface area contributed by atoms with Crippen molar-refractivity contribution in [3.8, 4) is 9.75 Å². The molecule has 0 saturated heterocycles. The first kappa shape index (κ1) is 57.4. The van der Waals surface area contributed by atoms with E-state index in [1.54, 1.807) is 2.89 Å². The van der Waals surface area contributed by atoms with E-state index in [0.717, 1.165) is 91.0 Å². The van der Waals surface area contributed by atoms with E-state index in [9.17, 15) is 0 Å². The molecule has 0 aliphatic heterocycles. The van der Waals surface area contributed by atoms with E-state index in [4.69, 9.17) is 18.1 Å². The zero-order chi connectivity index (χ0) is 44.3. The summed E-state index contributed by atoms with van der Waals surface area (Å²) in [6.07, 6.45) is 21.7. The molecular weight excluding hydrogens is 1040 g/mol. The van der Waals surface area contributed by atoms with Crippen LogP contribution in [0.2, 0.25) is 26.6 Å². The number of hydrogen-bond donors (Lipinski definition) is 0. The third-order valence-corrected chi connectivity index (χ3v) is 56.2. The summed E-state index contributed by atoms with van der Waals surface area (Å²) >= 11 is -2.48. The molecule has 0 spiro atoms. The summed E-state index contributed by atoms with van der Waals surface area (Å²) in [5.74, 6) is 0. The molecular formula is C48H92O6P2S2Sn2. The van der Waals surface area contributed by atoms with Gasteiger partial charge in [0.2, 0.25) is 0 Å². The van der Waals surface area contributed by atoms with E-state index in [2.05, 4.69) is 81.4 Å². The van der Waals surface area contributed by atoms with E-state index in [0.29, 0.717) is 26.4 Å². The van der Waals surface area contributed by atoms with Gasteiger partial charge in [-0.25, -0.2) is 0 Å². The van der Waals surface area contributed by atoms with Gasteiger partial charge in [0.25, 0.3) is 0 Å². The third kappa shape index (κ3) is 17.5. The molecule has 0 saturated carbocycles. The Labute approximate surface area is 387 Å². The Hall–Kier alpha value is 1.30. The fourth-order valence-corrected chi connectivity index (χ4v) is 56.8. The van der Waals surface area contributed by atoms with Crippen LogP contribution in [0.25, 0.3) is 9.75 Å². The molecule has 350 valence electrons. The fourth-order valence-electron chi connectivity index (χ4n) is 8.32. The van der Waals surface area contributed by atoms with Crippen molar-refractivity contribution in [3.63, 3.8) is 0 Å². The van der Waals surface area contributed by atoms with Crippen LogP contribution in [0.5, 0.6) is 0 Å². The molecule has 0 unspecified atom stereocenters. The Morgan fingerprint density at radius 3 is 1.07 bits per heavy atom. The molecule has 0 aromatic carbocycles. The second kappa shape index (κ2) is 32.1. The van der Waals surface area contributed by atoms with Crippen molar-refractivity contribution in [2.45, 2.75) is 224 Å². The average molecular weight is 1130 g/mol. The summed E-state index contributed by atoms with van der Waals surface area (Å²) in [4.78, 5) is 2.15. The zero-order valence-corrected chi connectivity index (χ0v) is 49.7. The molecule has 6 nitrogen and oxygen atoms in total. The molecule has 12 heteroatoms. The van der Waals surface area contributed by atoms with Crippen molar-refractivity contribution in [1.82, 2.24) is 0 Å². The molecule has 2 aromatic rings. The molecule has 0 radical (unpaired) electrons. The number of unbranched alkanes of at least 4 members (excludes halogenated alkanes) is 10. The Bertz CT molecular complexity index is 1440. The first-order valence-corrected chi connectivity index (χ1v) is 44.8. The Kier molecular flexibility index (Phi) is 30.7. The number of hydrogen-bond acceptors (Lipinski definition) is 8. The van der Waals surface area contributed by atoms with Crippen LogP contribution in [-0.4, -0.2) is 63.2 Å². The quantitative estimate of drug-likeness (QED) is 0.0377. The van der Waals surface area contributed by atoms with Crippen LogP contribution in [0.1, 0.15) is 198 Å². The zero-order valence-electron chi connectivity index (χ0n) is 40.5. The van der Waals surface area contributed by atoms with Crippen molar-refractivity contribution in [2.75, 3.05) is 26.4 Å².